The van der Waals surface area contributed by atoms with E-state index in [2.05, 4.69) is 5.48 Å². The molecule has 2 aromatic carbocycles. The Kier molecular flexibility index (Phi) is 7.30. The number of carbonyl (C=O) groups excluding carboxylic acids is 1. The van der Waals surface area contributed by atoms with Crippen molar-refractivity contribution in [1.82, 2.24) is 10.4 Å². The number of alkyl halides is 7. The maximum Gasteiger partial charge on any atom is 0.428 e. The lowest BCUT2D eigenvalue weighted by Gasteiger charge is -2.44. The number of benzene rings is 2. The van der Waals surface area contributed by atoms with E-state index in [1.165, 1.54) is 35.4 Å². The number of halogens is 9. The normalized spacial score (nSPS) is 21.9. The second-order valence-electron chi connectivity index (χ2n) is 8.82. The summed E-state index contributed by atoms with van der Waals surface area (Å²) in [6.45, 7) is -0.551. The standard InChI is InChI=1S/C23H17Cl2F7N2O3S/c1-38(36)9-18(35)34-10-20(26,11-34)13-4-2-12(3-5-13)17-8-21(37-33-17,23(30,31)32)14-6-15(22(27,28)29)19(25)16(24)7-14/h2-8,33H,9-11H2,1H3. The van der Waals surface area contributed by atoms with Crippen LogP contribution >= 0.6 is 23.2 Å². The van der Waals surface area contributed by atoms with Gasteiger partial charge in [-0.1, -0.05) is 47.5 Å². The third kappa shape index (κ3) is 5.13. The molecule has 0 spiro atoms. The Bertz CT molecular complexity index is 1330. The minimum absolute atomic E-state index is 0.119. The second kappa shape index (κ2) is 9.68. The van der Waals surface area contributed by atoms with Crippen LogP contribution in [0.5, 0.6) is 0 Å². The molecule has 2 heterocycles. The van der Waals surface area contributed by atoms with Gasteiger partial charge in [0.2, 0.25) is 11.5 Å². The smallest absolute Gasteiger partial charge is 0.335 e. The highest BCUT2D eigenvalue weighted by Crippen LogP contribution is 2.50. The molecule has 1 N–H and O–H groups in total. The van der Waals surface area contributed by atoms with Gasteiger partial charge in [0.25, 0.3) is 0 Å². The van der Waals surface area contributed by atoms with Crippen molar-refractivity contribution < 1.29 is 44.6 Å². The number of nitrogens with one attached hydrogen (secondary N) is 1. The maximum absolute atomic E-state index is 15.2. The molecule has 38 heavy (non-hydrogen) atoms. The molecule has 2 aliphatic heterocycles. The lowest BCUT2D eigenvalue weighted by atomic mass is 9.87. The Morgan fingerprint density at radius 2 is 1.68 bits per heavy atom. The fourth-order valence-corrected chi connectivity index (χ4v) is 5.09. The highest BCUT2D eigenvalue weighted by molar-refractivity contribution is 7.85. The number of hydrogen-bond acceptors (Lipinski definition) is 4. The molecule has 2 unspecified atom stereocenters. The molecular weight excluding hydrogens is 588 g/mol. The van der Waals surface area contributed by atoms with Gasteiger partial charge in [0.15, 0.2) is 5.67 Å². The molecule has 0 saturated carbocycles. The molecule has 206 valence electrons. The average Bonchev–Trinajstić information content (AvgIpc) is 3.24. The average molecular weight is 605 g/mol. The predicted octanol–water partition coefficient (Wildman–Crippen LogP) is 5.73. The number of hydroxylamine groups is 1. The van der Waals surface area contributed by atoms with E-state index < -0.39 is 61.5 Å². The van der Waals surface area contributed by atoms with E-state index in [-0.39, 0.29) is 41.7 Å². The summed E-state index contributed by atoms with van der Waals surface area (Å²) >= 11 is 11.3. The Balaban J connectivity index is 1.64. The van der Waals surface area contributed by atoms with E-state index in [4.69, 9.17) is 28.0 Å². The van der Waals surface area contributed by atoms with Gasteiger partial charge in [-0.2, -0.15) is 26.3 Å². The summed E-state index contributed by atoms with van der Waals surface area (Å²) in [5, 5.41) is -1.70. The lowest BCUT2D eigenvalue weighted by Crippen LogP contribution is -2.59. The zero-order chi connectivity index (χ0) is 28.3. The van der Waals surface area contributed by atoms with Crippen LogP contribution < -0.4 is 5.48 Å². The van der Waals surface area contributed by atoms with Gasteiger partial charge in [-0.05, 0) is 29.3 Å². The number of amides is 1. The van der Waals surface area contributed by atoms with Gasteiger partial charge < -0.3 is 4.90 Å². The van der Waals surface area contributed by atoms with Crippen molar-refractivity contribution in [3.63, 3.8) is 0 Å². The van der Waals surface area contributed by atoms with Gasteiger partial charge >= 0.3 is 12.4 Å². The molecule has 4 rings (SSSR count). The first-order chi connectivity index (χ1) is 17.5. The topological polar surface area (TPSA) is 58.6 Å². The number of rotatable bonds is 5. The largest absolute Gasteiger partial charge is 0.428 e. The van der Waals surface area contributed by atoms with Crippen LogP contribution in [0.1, 0.15) is 22.3 Å². The van der Waals surface area contributed by atoms with Crippen molar-refractivity contribution in [3.8, 4) is 0 Å². The molecule has 2 atom stereocenters. The molecule has 15 heteroatoms. The fraction of sp³-hybridized carbons (Fsp3) is 0.348. The summed E-state index contributed by atoms with van der Waals surface area (Å²) < 4.78 is 109. The minimum atomic E-state index is -5.23. The lowest BCUT2D eigenvalue weighted by molar-refractivity contribution is -0.269. The summed E-state index contributed by atoms with van der Waals surface area (Å²) in [6, 6.07) is 6.08. The molecule has 2 aliphatic rings. The van der Waals surface area contributed by atoms with Crippen LogP contribution in [-0.2, 0) is 37.9 Å². The summed E-state index contributed by atoms with van der Waals surface area (Å²) in [5.74, 6) is -0.702. The minimum Gasteiger partial charge on any atom is -0.335 e. The van der Waals surface area contributed by atoms with E-state index in [1.54, 1.807) is 0 Å². The van der Waals surface area contributed by atoms with Crippen LogP contribution in [0.25, 0.3) is 5.70 Å². The first-order valence-electron chi connectivity index (χ1n) is 10.6. The quantitative estimate of drug-likeness (QED) is 0.443. The van der Waals surface area contributed by atoms with Crippen molar-refractivity contribution in [2.24, 2.45) is 0 Å². The summed E-state index contributed by atoms with van der Waals surface area (Å²) in [6.07, 6.45) is -8.41. The molecule has 0 bridgehead atoms. The molecule has 1 fully saturated rings. The van der Waals surface area contributed by atoms with Gasteiger partial charge in [0.05, 0.1) is 34.4 Å². The first kappa shape index (κ1) is 28.7. The Morgan fingerprint density at radius 1 is 1.08 bits per heavy atom. The Labute approximate surface area is 223 Å². The van der Waals surface area contributed by atoms with Crippen LogP contribution in [-0.4, -0.2) is 46.3 Å². The number of carbonyl (C=O) groups is 1. The first-order valence-corrected chi connectivity index (χ1v) is 13.1. The van der Waals surface area contributed by atoms with Crippen molar-refractivity contribution in [2.75, 3.05) is 25.1 Å². The molecule has 0 aliphatic carbocycles. The van der Waals surface area contributed by atoms with Gasteiger partial charge in [0, 0.05) is 22.6 Å². The monoisotopic (exact) mass is 604 g/mol. The summed E-state index contributed by atoms with van der Waals surface area (Å²) in [5.41, 5.74) is -5.63. The number of likely N-dealkylation sites (tertiary alicyclic amines) is 1. The Hall–Kier alpha value is -2.35. The highest BCUT2D eigenvalue weighted by atomic mass is 35.5. The van der Waals surface area contributed by atoms with E-state index in [0.717, 1.165) is 0 Å². The third-order valence-corrected chi connectivity index (χ3v) is 7.58. The maximum atomic E-state index is 15.2. The SMILES string of the molecule is CS(=O)CC(=O)N1CC(F)(c2ccc(C3=CC(c4cc(Cl)c(Cl)c(C(F)(F)F)c4)(C(F)(F)F)ON3)cc2)C1. The molecule has 2 aromatic rings. The molecule has 0 radical (unpaired) electrons. The van der Waals surface area contributed by atoms with E-state index in [1.807, 2.05) is 0 Å². The van der Waals surface area contributed by atoms with Crippen LogP contribution in [0.4, 0.5) is 30.7 Å². The second-order valence-corrected chi connectivity index (χ2v) is 11.0. The fourth-order valence-electron chi connectivity index (χ4n) is 4.13. The zero-order valence-corrected chi connectivity index (χ0v) is 21.5. The third-order valence-electron chi connectivity index (χ3n) is 6.13. The van der Waals surface area contributed by atoms with Crippen molar-refractivity contribution in [3.05, 3.63) is 74.8 Å². The summed E-state index contributed by atoms with van der Waals surface area (Å²) in [4.78, 5) is 18.0. The molecule has 1 saturated heterocycles. The summed E-state index contributed by atoms with van der Waals surface area (Å²) in [7, 11) is -1.38. The molecule has 1 amide bonds. The van der Waals surface area contributed by atoms with Crippen LogP contribution in [0.15, 0.2) is 42.5 Å². The van der Waals surface area contributed by atoms with Gasteiger partial charge in [-0.15, -0.1) is 0 Å². The van der Waals surface area contributed by atoms with E-state index in [9.17, 15) is 35.3 Å². The molecule has 5 nitrogen and oxygen atoms in total. The van der Waals surface area contributed by atoms with Gasteiger partial charge in [-0.25, -0.2) is 4.39 Å². The van der Waals surface area contributed by atoms with Crippen molar-refractivity contribution >= 4 is 45.6 Å². The number of nitrogens with zero attached hydrogens (tertiary/aromatic N) is 1. The van der Waals surface area contributed by atoms with E-state index in [0.29, 0.717) is 12.1 Å². The number of hydrogen-bond donors (Lipinski definition) is 1. The van der Waals surface area contributed by atoms with Gasteiger partial charge in [0.1, 0.15) is 5.75 Å². The zero-order valence-electron chi connectivity index (χ0n) is 19.1. The van der Waals surface area contributed by atoms with Crippen LogP contribution in [0.3, 0.4) is 0 Å². The highest BCUT2D eigenvalue weighted by Gasteiger charge is 2.60. The van der Waals surface area contributed by atoms with Crippen LogP contribution in [0, 0.1) is 0 Å². The van der Waals surface area contributed by atoms with E-state index >= 15 is 4.39 Å². The predicted molar refractivity (Wildman–Crippen MR) is 126 cm³/mol. The molecule has 0 aromatic heterocycles. The van der Waals surface area contributed by atoms with Gasteiger partial charge in [-0.3, -0.25) is 19.3 Å². The van der Waals surface area contributed by atoms with Crippen LogP contribution in [0.2, 0.25) is 10.0 Å². The van der Waals surface area contributed by atoms with Crippen molar-refractivity contribution in [1.29, 1.82) is 0 Å². The molecular formula is C23H17Cl2F7N2O3S. The van der Waals surface area contributed by atoms with Crippen molar-refractivity contribution in [2.45, 2.75) is 23.6 Å². The Morgan fingerprint density at radius 3 is 2.21 bits per heavy atom.